The van der Waals surface area contributed by atoms with Crippen LogP contribution in [-0.2, 0) is 5.41 Å². The summed E-state index contributed by atoms with van der Waals surface area (Å²) in [7, 11) is 2.18. The summed E-state index contributed by atoms with van der Waals surface area (Å²) in [6.07, 6.45) is 0. The Labute approximate surface area is 316 Å². The molecule has 2 heteroatoms. The maximum atomic E-state index is 2.51. The van der Waals surface area contributed by atoms with Crippen molar-refractivity contribution in [2.24, 2.45) is 0 Å². The summed E-state index contributed by atoms with van der Waals surface area (Å²) in [5.74, 6) is 0. The molecular formula is C52H38N2. The molecule has 0 amide bonds. The molecule has 0 bridgehead atoms. The third-order valence-electron chi connectivity index (χ3n) is 12.1. The van der Waals surface area contributed by atoms with Crippen LogP contribution in [0.3, 0.4) is 0 Å². The van der Waals surface area contributed by atoms with Crippen molar-refractivity contribution < 1.29 is 0 Å². The quantitative estimate of drug-likeness (QED) is 0.170. The zero-order chi connectivity index (χ0) is 36.1. The van der Waals surface area contributed by atoms with Crippen LogP contribution in [0.2, 0.25) is 0 Å². The molecular weight excluding hydrogens is 653 g/mol. The first-order valence-electron chi connectivity index (χ1n) is 18.9. The van der Waals surface area contributed by atoms with Crippen molar-refractivity contribution in [3.63, 3.8) is 0 Å². The lowest BCUT2D eigenvalue weighted by molar-refractivity contribution is 0.660. The van der Waals surface area contributed by atoms with E-state index in [0.29, 0.717) is 0 Å². The average Bonchev–Trinajstić information content (AvgIpc) is 3.45. The van der Waals surface area contributed by atoms with Crippen molar-refractivity contribution in [3.8, 4) is 33.4 Å². The average molecular weight is 691 g/mol. The van der Waals surface area contributed by atoms with E-state index in [-0.39, 0.29) is 5.41 Å². The second-order valence-electron chi connectivity index (χ2n) is 15.4. The van der Waals surface area contributed by atoms with Gasteiger partial charge in [0.05, 0.1) is 28.4 Å². The Morgan fingerprint density at radius 2 is 0.944 bits per heavy atom. The van der Waals surface area contributed by atoms with Gasteiger partial charge in [-0.2, -0.15) is 0 Å². The lowest BCUT2D eigenvalue weighted by Gasteiger charge is -2.39. The largest absolute Gasteiger partial charge is 0.341 e. The van der Waals surface area contributed by atoms with Gasteiger partial charge in [0, 0.05) is 23.2 Å². The molecule has 1 aliphatic heterocycles. The highest BCUT2D eigenvalue weighted by atomic mass is 15.3. The summed E-state index contributed by atoms with van der Waals surface area (Å²) in [6.45, 7) is 4.72. The zero-order valence-corrected chi connectivity index (χ0v) is 30.6. The summed E-state index contributed by atoms with van der Waals surface area (Å²) >= 11 is 0. The van der Waals surface area contributed by atoms with Crippen LogP contribution in [0.1, 0.15) is 25.0 Å². The number of fused-ring (bicyclic) bond motifs is 8. The normalized spacial score (nSPS) is 13.9. The second-order valence-corrected chi connectivity index (χ2v) is 15.4. The monoisotopic (exact) mass is 690 g/mol. The SMILES string of the molecule is CN1c2ccccc2N(c2c3ccccc3c(-c3ccc4c(c3)-c3ccccc3C4(C)C)c3cc(-c4ccc5ccccc5c4)ccc23)c2ccccc21. The van der Waals surface area contributed by atoms with Crippen LogP contribution in [0.4, 0.5) is 28.4 Å². The molecule has 9 aromatic carbocycles. The molecule has 0 saturated carbocycles. The molecule has 0 unspecified atom stereocenters. The van der Waals surface area contributed by atoms with E-state index in [2.05, 4.69) is 207 Å². The molecule has 0 saturated heterocycles. The first-order valence-corrected chi connectivity index (χ1v) is 18.9. The van der Waals surface area contributed by atoms with Gasteiger partial charge < -0.3 is 9.80 Å². The molecule has 0 aromatic heterocycles. The van der Waals surface area contributed by atoms with Crippen molar-refractivity contribution in [2.45, 2.75) is 19.3 Å². The number of anilines is 5. The Balaban J connectivity index is 1.25. The van der Waals surface area contributed by atoms with E-state index in [1.807, 2.05) is 0 Å². The van der Waals surface area contributed by atoms with E-state index in [1.54, 1.807) is 0 Å². The Morgan fingerprint density at radius 1 is 0.389 bits per heavy atom. The molecule has 0 fully saturated rings. The molecule has 1 heterocycles. The van der Waals surface area contributed by atoms with Crippen LogP contribution in [0.5, 0.6) is 0 Å². The molecule has 256 valence electrons. The minimum absolute atomic E-state index is 0.0517. The number of hydrogen-bond acceptors (Lipinski definition) is 2. The van der Waals surface area contributed by atoms with Crippen LogP contribution in [0.15, 0.2) is 176 Å². The maximum Gasteiger partial charge on any atom is 0.0700 e. The molecule has 2 nitrogen and oxygen atoms in total. The van der Waals surface area contributed by atoms with E-state index >= 15 is 0 Å². The lowest BCUT2D eigenvalue weighted by atomic mass is 9.81. The van der Waals surface area contributed by atoms with Crippen molar-refractivity contribution in [1.82, 2.24) is 0 Å². The van der Waals surface area contributed by atoms with Gasteiger partial charge in [0.25, 0.3) is 0 Å². The highest BCUT2D eigenvalue weighted by molar-refractivity contribution is 6.24. The molecule has 0 atom stereocenters. The minimum Gasteiger partial charge on any atom is -0.341 e. The summed E-state index contributed by atoms with van der Waals surface area (Å²) in [5.41, 5.74) is 16.3. The summed E-state index contributed by atoms with van der Waals surface area (Å²) in [6, 6.07) is 65.5. The van der Waals surface area contributed by atoms with Crippen molar-refractivity contribution in [3.05, 3.63) is 187 Å². The molecule has 1 aliphatic carbocycles. The fourth-order valence-electron chi connectivity index (χ4n) is 9.51. The number of para-hydroxylation sites is 4. The van der Waals surface area contributed by atoms with E-state index in [4.69, 9.17) is 0 Å². The van der Waals surface area contributed by atoms with E-state index < -0.39 is 0 Å². The van der Waals surface area contributed by atoms with E-state index in [0.717, 1.165) is 0 Å². The molecule has 0 spiro atoms. The third-order valence-corrected chi connectivity index (χ3v) is 12.1. The molecule has 9 aromatic rings. The van der Waals surface area contributed by atoms with Crippen molar-refractivity contribution >= 4 is 60.8 Å². The smallest absolute Gasteiger partial charge is 0.0700 e. The fourth-order valence-corrected chi connectivity index (χ4v) is 9.51. The van der Waals surface area contributed by atoms with Crippen LogP contribution in [-0.4, -0.2) is 7.05 Å². The summed E-state index contributed by atoms with van der Waals surface area (Å²) in [4.78, 5) is 4.83. The van der Waals surface area contributed by atoms with Gasteiger partial charge in [-0.3, -0.25) is 0 Å². The van der Waals surface area contributed by atoms with E-state index in [9.17, 15) is 0 Å². The number of nitrogens with zero attached hydrogens (tertiary/aromatic N) is 2. The predicted octanol–water partition coefficient (Wildman–Crippen LogP) is 14.3. The zero-order valence-electron chi connectivity index (χ0n) is 30.6. The fraction of sp³-hybridized carbons (Fsp3) is 0.0769. The molecule has 11 rings (SSSR count). The summed E-state index contributed by atoms with van der Waals surface area (Å²) in [5, 5.41) is 7.45. The lowest BCUT2D eigenvalue weighted by Crippen LogP contribution is -2.24. The first kappa shape index (κ1) is 30.9. The topological polar surface area (TPSA) is 6.48 Å². The minimum atomic E-state index is -0.0517. The van der Waals surface area contributed by atoms with Gasteiger partial charge in [-0.15, -0.1) is 0 Å². The number of hydrogen-bond donors (Lipinski definition) is 0. The highest BCUT2D eigenvalue weighted by Crippen LogP contribution is 2.56. The van der Waals surface area contributed by atoms with Crippen LogP contribution in [0, 0.1) is 0 Å². The predicted molar refractivity (Wildman–Crippen MR) is 230 cm³/mol. The Morgan fingerprint density at radius 3 is 1.72 bits per heavy atom. The van der Waals surface area contributed by atoms with Crippen LogP contribution < -0.4 is 9.80 Å². The van der Waals surface area contributed by atoms with Gasteiger partial charge in [-0.05, 0) is 109 Å². The Kier molecular flexibility index (Phi) is 6.55. The molecule has 54 heavy (non-hydrogen) atoms. The van der Waals surface area contributed by atoms with Gasteiger partial charge in [-0.25, -0.2) is 0 Å². The third kappa shape index (κ3) is 4.34. The van der Waals surface area contributed by atoms with Crippen molar-refractivity contribution in [2.75, 3.05) is 16.8 Å². The Hall–Kier alpha value is -6.64. The summed E-state index contributed by atoms with van der Waals surface area (Å²) < 4.78 is 0. The number of rotatable bonds is 3. The Bertz CT molecular complexity index is 2960. The second kappa shape index (κ2) is 11.4. The molecule has 0 radical (unpaired) electrons. The van der Waals surface area contributed by atoms with Crippen LogP contribution in [0.25, 0.3) is 65.7 Å². The van der Waals surface area contributed by atoms with Gasteiger partial charge in [0.2, 0.25) is 0 Å². The molecule has 2 aliphatic rings. The number of benzene rings is 9. The first-order chi connectivity index (χ1) is 26.5. The van der Waals surface area contributed by atoms with Gasteiger partial charge in [-0.1, -0.05) is 147 Å². The highest BCUT2D eigenvalue weighted by Gasteiger charge is 2.36. The van der Waals surface area contributed by atoms with Gasteiger partial charge >= 0.3 is 0 Å². The molecule has 0 N–H and O–H groups in total. The van der Waals surface area contributed by atoms with Gasteiger partial charge in [0.1, 0.15) is 0 Å². The van der Waals surface area contributed by atoms with Crippen molar-refractivity contribution in [1.29, 1.82) is 0 Å². The van der Waals surface area contributed by atoms with Gasteiger partial charge in [0.15, 0.2) is 0 Å². The van der Waals surface area contributed by atoms with Crippen LogP contribution >= 0.6 is 0 Å². The van der Waals surface area contributed by atoms with E-state index in [1.165, 1.54) is 105 Å². The standard InChI is InChI=1S/C52H38N2/c1-52(2)44-19-9-8-16-38(44)42-32-37(27-29-45(42)52)50-39-17-6-7-18-40(39)51(54-48-22-12-10-20-46(48)53(3)47-21-11-13-23-49(47)54)41-28-26-36(31-43(41)50)35-25-24-33-14-4-5-15-34(33)30-35/h4-32H,1-3H3. The maximum absolute atomic E-state index is 2.51.